The van der Waals surface area contributed by atoms with Crippen molar-refractivity contribution in [2.45, 2.75) is 19.4 Å². The fourth-order valence-electron chi connectivity index (χ4n) is 3.43. The van der Waals surface area contributed by atoms with Crippen molar-refractivity contribution < 1.29 is 14.3 Å². The van der Waals surface area contributed by atoms with E-state index in [4.69, 9.17) is 21.1 Å². The van der Waals surface area contributed by atoms with E-state index >= 15 is 0 Å². The van der Waals surface area contributed by atoms with Gasteiger partial charge in [-0.1, -0.05) is 29.8 Å². The van der Waals surface area contributed by atoms with Crippen LogP contribution in [0, 0.1) is 5.92 Å². The predicted molar refractivity (Wildman–Crippen MR) is 108 cm³/mol. The highest BCUT2D eigenvalue weighted by molar-refractivity contribution is 6.31. The van der Waals surface area contributed by atoms with Crippen molar-refractivity contribution in [2.24, 2.45) is 5.92 Å². The Morgan fingerprint density at radius 1 is 1.22 bits per heavy atom. The molecule has 0 unspecified atom stereocenters. The number of likely N-dealkylation sites (tertiary alicyclic amines) is 1. The van der Waals surface area contributed by atoms with Crippen molar-refractivity contribution in [1.29, 1.82) is 0 Å². The van der Waals surface area contributed by atoms with Crippen LogP contribution in [0.3, 0.4) is 0 Å². The van der Waals surface area contributed by atoms with Crippen LogP contribution in [0.2, 0.25) is 5.02 Å². The summed E-state index contributed by atoms with van der Waals surface area (Å²) in [5.74, 6) is 1.23. The van der Waals surface area contributed by atoms with Gasteiger partial charge in [0.25, 0.3) is 0 Å². The van der Waals surface area contributed by atoms with Crippen LogP contribution in [0.15, 0.2) is 42.5 Å². The molecular formula is C21H25ClN2O3. The van der Waals surface area contributed by atoms with E-state index in [2.05, 4.69) is 10.2 Å². The van der Waals surface area contributed by atoms with E-state index in [9.17, 15) is 4.79 Å². The molecule has 6 heteroatoms. The molecule has 1 heterocycles. The third-order valence-corrected chi connectivity index (χ3v) is 5.26. The number of ether oxygens (including phenoxy) is 2. The lowest BCUT2D eigenvalue weighted by molar-refractivity contribution is -0.121. The molecule has 1 N–H and O–H groups in total. The Morgan fingerprint density at radius 3 is 2.78 bits per heavy atom. The van der Waals surface area contributed by atoms with Crippen molar-refractivity contribution in [3.8, 4) is 11.5 Å². The normalized spacial score (nSPS) is 17.4. The molecule has 1 aliphatic rings. The van der Waals surface area contributed by atoms with Gasteiger partial charge in [-0.25, -0.2) is 0 Å². The number of halogens is 1. The molecule has 0 bridgehead atoms. The molecule has 3 rings (SSSR count). The number of nitrogens with one attached hydrogen (secondary N) is 1. The molecule has 1 aliphatic heterocycles. The Hall–Kier alpha value is -2.24. The van der Waals surface area contributed by atoms with Gasteiger partial charge in [0.1, 0.15) is 11.5 Å². The zero-order chi connectivity index (χ0) is 19.2. The average molecular weight is 389 g/mol. The minimum atomic E-state index is -0.0721. The van der Waals surface area contributed by atoms with E-state index < -0.39 is 0 Å². The summed E-state index contributed by atoms with van der Waals surface area (Å²) >= 11 is 6.28. The molecule has 5 nitrogen and oxygen atoms in total. The molecule has 0 aliphatic carbocycles. The molecule has 0 saturated carbocycles. The molecule has 2 aromatic carbocycles. The number of hydrogen-bond acceptors (Lipinski definition) is 4. The van der Waals surface area contributed by atoms with Gasteiger partial charge in [0, 0.05) is 24.2 Å². The Balaban J connectivity index is 1.66. The van der Waals surface area contributed by atoms with Crippen LogP contribution in [0.5, 0.6) is 11.5 Å². The molecule has 0 radical (unpaired) electrons. The van der Waals surface area contributed by atoms with Gasteiger partial charge < -0.3 is 14.8 Å². The topological polar surface area (TPSA) is 50.8 Å². The highest BCUT2D eigenvalue weighted by atomic mass is 35.5. The number of benzene rings is 2. The number of hydrogen-bond donors (Lipinski definition) is 1. The van der Waals surface area contributed by atoms with Crippen molar-refractivity contribution in [3.63, 3.8) is 0 Å². The largest absolute Gasteiger partial charge is 0.497 e. The van der Waals surface area contributed by atoms with Crippen molar-refractivity contribution in [3.05, 3.63) is 53.1 Å². The molecular weight excluding hydrogens is 364 g/mol. The lowest BCUT2D eigenvalue weighted by Gasteiger charge is -2.32. The predicted octanol–water partition coefficient (Wildman–Crippen LogP) is 4.21. The lowest BCUT2D eigenvalue weighted by atomic mass is 9.96. The summed E-state index contributed by atoms with van der Waals surface area (Å²) in [5, 5.41) is 3.77. The number of nitrogens with zero attached hydrogens (tertiary/aromatic N) is 1. The van der Waals surface area contributed by atoms with E-state index in [0.717, 1.165) is 36.5 Å². The van der Waals surface area contributed by atoms with Crippen LogP contribution in [0.1, 0.15) is 18.4 Å². The van der Waals surface area contributed by atoms with E-state index in [0.29, 0.717) is 23.7 Å². The van der Waals surface area contributed by atoms with Gasteiger partial charge in [-0.2, -0.15) is 0 Å². The van der Waals surface area contributed by atoms with Crippen molar-refractivity contribution >= 4 is 23.2 Å². The molecule has 0 spiro atoms. The van der Waals surface area contributed by atoms with Crippen molar-refractivity contribution in [1.82, 2.24) is 4.90 Å². The van der Waals surface area contributed by atoms with Crippen LogP contribution < -0.4 is 14.8 Å². The maximum Gasteiger partial charge on any atom is 0.228 e. The minimum absolute atomic E-state index is 0.00501. The summed E-state index contributed by atoms with van der Waals surface area (Å²) in [4.78, 5) is 15.1. The zero-order valence-corrected chi connectivity index (χ0v) is 16.5. The first-order chi connectivity index (χ1) is 13.1. The number of methoxy groups -OCH3 is 2. The van der Waals surface area contributed by atoms with Crippen LogP contribution in [0.4, 0.5) is 5.69 Å². The summed E-state index contributed by atoms with van der Waals surface area (Å²) in [7, 11) is 3.19. The van der Waals surface area contributed by atoms with Gasteiger partial charge >= 0.3 is 0 Å². The Bertz CT molecular complexity index is 797. The fraction of sp³-hybridized carbons (Fsp3) is 0.381. The average Bonchev–Trinajstić information content (AvgIpc) is 2.70. The molecule has 144 valence electrons. The van der Waals surface area contributed by atoms with Crippen LogP contribution in [0.25, 0.3) is 0 Å². The maximum atomic E-state index is 12.8. The second kappa shape index (κ2) is 9.11. The van der Waals surface area contributed by atoms with Gasteiger partial charge in [0.2, 0.25) is 5.91 Å². The Kier molecular flexibility index (Phi) is 6.58. The summed E-state index contributed by atoms with van der Waals surface area (Å²) in [6.07, 6.45) is 1.86. The summed E-state index contributed by atoms with van der Waals surface area (Å²) < 4.78 is 10.6. The second-order valence-corrected chi connectivity index (χ2v) is 7.13. The highest BCUT2D eigenvalue weighted by Crippen LogP contribution is 2.30. The highest BCUT2D eigenvalue weighted by Gasteiger charge is 2.26. The van der Waals surface area contributed by atoms with Gasteiger partial charge in [-0.3, -0.25) is 9.69 Å². The molecule has 27 heavy (non-hydrogen) atoms. The van der Waals surface area contributed by atoms with Gasteiger partial charge in [0.15, 0.2) is 0 Å². The fourth-order valence-corrected chi connectivity index (χ4v) is 3.62. The summed E-state index contributed by atoms with van der Waals surface area (Å²) in [6, 6.07) is 13.2. The quantitative estimate of drug-likeness (QED) is 0.805. The number of rotatable bonds is 6. The zero-order valence-electron chi connectivity index (χ0n) is 15.7. The SMILES string of the molecule is COc1ccc(OC)c(NC(=O)[C@@H]2CCCN(Cc3ccccc3Cl)C2)c1. The Morgan fingerprint density at radius 2 is 2.04 bits per heavy atom. The third kappa shape index (κ3) is 4.93. The molecule has 1 saturated heterocycles. The monoisotopic (exact) mass is 388 g/mol. The second-order valence-electron chi connectivity index (χ2n) is 6.72. The van der Waals surface area contributed by atoms with Crippen LogP contribution >= 0.6 is 11.6 Å². The molecule has 1 amide bonds. The maximum absolute atomic E-state index is 12.8. The van der Waals surface area contributed by atoms with Gasteiger partial charge in [-0.15, -0.1) is 0 Å². The summed E-state index contributed by atoms with van der Waals surface area (Å²) in [6.45, 7) is 2.44. The smallest absolute Gasteiger partial charge is 0.228 e. The Labute approximate surface area is 165 Å². The molecule has 1 fully saturated rings. The van der Waals surface area contributed by atoms with E-state index in [1.807, 2.05) is 24.3 Å². The van der Waals surface area contributed by atoms with E-state index in [-0.39, 0.29) is 11.8 Å². The van der Waals surface area contributed by atoms with Gasteiger partial charge in [-0.05, 0) is 43.1 Å². The first-order valence-electron chi connectivity index (χ1n) is 9.09. The first kappa shape index (κ1) is 19.5. The van der Waals surface area contributed by atoms with Crippen LogP contribution in [-0.2, 0) is 11.3 Å². The summed E-state index contributed by atoms with van der Waals surface area (Å²) in [5.41, 5.74) is 1.72. The number of carbonyl (C=O) groups is 1. The number of carbonyl (C=O) groups excluding carboxylic acids is 1. The van der Waals surface area contributed by atoms with E-state index in [1.165, 1.54) is 0 Å². The standard InChI is InChI=1S/C21H25ClN2O3/c1-26-17-9-10-20(27-2)19(12-17)23-21(25)16-7-5-11-24(14-16)13-15-6-3-4-8-18(15)22/h3-4,6,8-10,12,16H,5,7,11,13-14H2,1-2H3,(H,23,25)/t16-/m1/s1. The number of amides is 1. The van der Waals surface area contributed by atoms with E-state index in [1.54, 1.807) is 32.4 Å². The van der Waals surface area contributed by atoms with Crippen molar-refractivity contribution in [2.75, 3.05) is 32.6 Å². The minimum Gasteiger partial charge on any atom is -0.497 e. The van der Waals surface area contributed by atoms with Crippen LogP contribution in [-0.4, -0.2) is 38.1 Å². The first-order valence-corrected chi connectivity index (χ1v) is 9.47. The van der Waals surface area contributed by atoms with Gasteiger partial charge in [0.05, 0.1) is 25.8 Å². The molecule has 2 aromatic rings. The molecule has 1 atom stereocenters. The third-order valence-electron chi connectivity index (χ3n) is 4.89. The number of piperidine rings is 1. The lowest BCUT2D eigenvalue weighted by Crippen LogP contribution is -2.40. The number of anilines is 1. The molecule has 0 aromatic heterocycles.